The Balaban J connectivity index is 1.87. The zero-order valence-electron chi connectivity index (χ0n) is 11.8. The standard InChI is InChI=1S/C17H17N3O/c1-3-16(18-4-2)20-11-10-14-15(12-20)21-17(19-14)13-8-6-5-7-9-13/h3-9H,1-2,10-12H2. The van der Waals surface area contributed by atoms with Gasteiger partial charge in [0.05, 0.1) is 12.2 Å². The van der Waals surface area contributed by atoms with Gasteiger partial charge in [-0.25, -0.2) is 9.98 Å². The van der Waals surface area contributed by atoms with Crippen molar-refractivity contribution < 1.29 is 4.42 Å². The molecule has 2 aromatic rings. The summed E-state index contributed by atoms with van der Waals surface area (Å²) >= 11 is 0. The highest BCUT2D eigenvalue weighted by Gasteiger charge is 2.23. The second-order valence-corrected chi connectivity index (χ2v) is 4.80. The number of hydrogen-bond acceptors (Lipinski definition) is 3. The summed E-state index contributed by atoms with van der Waals surface area (Å²) in [6.07, 6.45) is 4.11. The molecule has 0 aliphatic carbocycles. The van der Waals surface area contributed by atoms with Crippen molar-refractivity contribution in [3.05, 3.63) is 67.2 Å². The zero-order valence-corrected chi connectivity index (χ0v) is 11.8. The van der Waals surface area contributed by atoms with E-state index >= 15 is 0 Å². The van der Waals surface area contributed by atoms with Gasteiger partial charge in [0.25, 0.3) is 0 Å². The van der Waals surface area contributed by atoms with E-state index in [0.29, 0.717) is 12.4 Å². The second-order valence-electron chi connectivity index (χ2n) is 4.80. The van der Waals surface area contributed by atoms with E-state index in [1.165, 1.54) is 6.20 Å². The van der Waals surface area contributed by atoms with E-state index in [-0.39, 0.29) is 0 Å². The van der Waals surface area contributed by atoms with Gasteiger partial charge in [-0.15, -0.1) is 0 Å². The zero-order chi connectivity index (χ0) is 14.7. The molecule has 0 amide bonds. The lowest BCUT2D eigenvalue weighted by Crippen LogP contribution is -2.34. The average Bonchev–Trinajstić information content (AvgIpc) is 2.96. The van der Waals surface area contributed by atoms with Crippen molar-refractivity contribution in [2.45, 2.75) is 13.0 Å². The summed E-state index contributed by atoms with van der Waals surface area (Å²) < 4.78 is 5.93. The van der Waals surface area contributed by atoms with Gasteiger partial charge >= 0.3 is 0 Å². The second kappa shape index (κ2) is 5.79. The van der Waals surface area contributed by atoms with Gasteiger partial charge < -0.3 is 9.32 Å². The van der Waals surface area contributed by atoms with Crippen molar-refractivity contribution in [2.24, 2.45) is 4.99 Å². The van der Waals surface area contributed by atoms with Crippen LogP contribution in [-0.4, -0.2) is 22.3 Å². The maximum atomic E-state index is 5.93. The number of benzene rings is 1. The summed E-state index contributed by atoms with van der Waals surface area (Å²) in [5.41, 5.74) is 2.04. The van der Waals surface area contributed by atoms with Crippen LogP contribution >= 0.6 is 0 Å². The highest BCUT2D eigenvalue weighted by atomic mass is 16.4. The Hall–Kier alpha value is -2.62. The van der Waals surface area contributed by atoms with E-state index in [0.717, 1.165) is 35.8 Å². The number of fused-ring (bicyclic) bond motifs is 1. The molecule has 1 aliphatic heterocycles. The number of nitrogens with zero attached hydrogens (tertiary/aromatic N) is 3. The Morgan fingerprint density at radius 2 is 2.10 bits per heavy atom. The molecule has 1 aliphatic rings. The summed E-state index contributed by atoms with van der Waals surface area (Å²) in [5.74, 6) is 2.40. The fourth-order valence-corrected chi connectivity index (χ4v) is 2.45. The van der Waals surface area contributed by atoms with Gasteiger partial charge in [0.1, 0.15) is 11.6 Å². The smallest absolute Gasteiger partial charge is 0.226 e. The summed E-state index contributed by atoms with van der Waals surface area (Å²) in [5, 5.41) is 0. The minimum atomic E-state index is 0.661. The first kappa shape index (κ1) is 13.4. The molecule has 0 unspecified atom stereocenters. The Morgan fingerprint density at radius 3 is 2.81 bits per heavy atom. The van der Waals surface area contributed by atoms with Crippen LogP contribution in [0, 0.1) is 0 Å². The number of aliphatic imine (C=N–C) groups is 1. The van der Waals surface area contributed by atoms with E-state index in [1.807, 2.05) is 30.3 Å². The van der Waals surface area contributed by atoms with Gasteiger partial charge in [-0.3, -0.25) is 0 Å². The Kier molecular flexibility index (Phi) is 3.69. The Bertz CT molecular complexity index is 685. The van der Waals surface area contributed by atoms with Crippen LogP contribution in [0.4, 0.5) is 0 Å². The van der Waals surface area contributed by atoms with Gasteiger partial charge in [0.15, 0.2) is 0 Å². The molecule has 106 valence electrons. The molecular formula is C17H17N3O. The van der Waals surface area contributed by atoms with Gasteiger partial charge in [-0.2, -0.15) is 0 Å². The maximum absolute atomic E-state index is 5.93. The van der Waals surface area contributed by atoms with E-state index in [1.54, 1.807) is 6.08 Å². The number of hydrogen-bond donors (Lipinski definition) is 0. The van der Waals surface area contributed by atoms with E-state index < -0.39 is 0 Å². The minimum Gasteiger partial charge on any atom is -0.439 e. The summed E-state index contributed by atoms with van der Waals surface area (Å²) in [6, 6.07) is 9.96. The molecule has 0 atom stereocenters. The SMILES string of the molecule is C=CN=C(C=C)N1CCc2nc(-c3ccccc3)oc2C1. The highest BCUT2D eigenvalue weighted by Crippen LogP contribution is 2.26. The molecule has 21 heavy (non-hydrogen) atoms. The molecule has 1 aromatic carbocycles. The van der Waals surface area contributed by atoms with E-state index in [9.17, 15) is 0 Å². The molecule has 3 rings (SSSR count). The van der Waals surface area contributed by atoms with Gasteiger partial charge in [0, 0.05) is 24.7 Å². The van der Waals surface area contributed by atoms with Crippen molar-refractivity contribution in [3.8, 4) is 11.5 Å². The molecule has 0 fully saturated rings. The van der Waals surface area contributed by atoms with Crippen LogP contribution < -0.4 is 0 Å². The molecule has 4 nitrogen and oxygen atoms in total. The van der Waals surface area contributed by atoms with Gasteiger partial charge in [-0.1, -0.05) is 31.4 Å². The van der Waals surface area contributed by atoms with Gasteiger partial charge in [0.2, 0.25) is 5.89 Å². The summed E-state index contributed by atoms with van der Waals surface area (Å²) in [4.78, 5) is 11.0. The fraction of sp³-hybridized carbons (Fsp3) is 0.176. The average molecular weight is 279 g/mol. The summed E-state index contributed by atoms with van der Waals surface area (Å²) in [7, 11) is 0. The number of oxazole rings is 1. The quantitative estimate of drug-likeness (QED) is 0.638. The number of rotatable bonds is 3. The van der Waals surface area contributed by atoms with Crippen molar-refractivity contribution >= 4 is 5.84 Å². The van der Waals surface area contributed by atoms with Crippen molar-refractivity contribution in [2.75, 3.05) is 6.54 Å². The van der Waals surface area contributed by atoms with Crippen molar-refractivity contribution in [1.29, 1.82) is 0 Å². The van der Waals surface area contributed by atoms with Crippen molar-refractivity contribution in [3.63, 3.8) is 0 Å². The van der Waals surface area contributed by atoms with Gasteiger partial charge in [-0.05, 0) is 18.2 Å². The molecule has 1 aromatic heterocycles. The predicted molar refractivity (Wildman–Crippen MR) is 83.9 cm³/mol. The third-order valence-electron chi connectivity index (χ3n) is 3.48. The van der Waals surface area contributed by atoms with Crippen LogP contribution in [0.5, 0.6) is 0 Å². The Morgan fingerprint density at radius 1 is 1.29 bits per heavy atom. The summed E-state index contributed by atoms with van der Waals surface area (Å²) in [6.45, 7) is 8.94. The molecule has 2 heterocycles. The molecule has 0 bridgehead atoms. The monoisotopic (exact) mass is 279 g/mol. The first-order valence-electron chi connectivity index (χ1n) is 6.92. The lowest BCUT2D eigenvalue weighted by atomic mass is 10.1. The van der Waals surface area contributed by atoms with Crippen LogP contribution in [-0.2, 0) is 13.0 Å². The van der Waals surface area contributed by atoms with Crippen LogP contribution in [0.2, 0.25) is 0 Å². The normalized spacial score (nSPS) is 14.7. The molecule has 0 radical (unpaired) electrons. The predicted octanol–water partition coefficient (Wildman–Crippen LogP) is 3.43. The van der Waals surface area contributed by atoms with E-state index in [4.69, 9.17) is 4.42 Å². The first-order chi connectivity index (χ1) is 10.3. The van der Waals surface area contributed by atoms with Crippen molar-refractivity contribution in [1.82, 2.24) is 9.88 Å². The molecule has 4 heteroatoms. The topological polar surface area (TPSA) is 41.6 Å². The fourth-order valence-electron chi connectivity index (χ4n) is 2.45. The highest BCUT2D eigenvalue weighted by molar-refractivity contribution is 5.93. The first-order valence-corrected chi connectivity index (χ1v) is 6.92. The van der Waals surface area contributed by atoms with E-state index in [2.05, 4.69) is 28.0 Å². The van der Waals surface area contributed by atoms with Crippen LogP contribution in [0.3, 0.4) is 0 Å². The van der Waals surface area contributed by atoms with Crippen LogP contribution in [0.25, 0.3) is 11.5 Å². The Labute approximate surface area is 124 Å². The van der Waals surface area contributed by atoms with Crippen LogP contribution in [0.15, 0.2) is 65.2 Å². The number of aromatic nitrogens is 1. The molecule has 0 spiro atoms. The largest absolute Gasteiger partial charge is 0.439 e. The molecule has 0 saturated heterocycles. The number of amidine groups is 1. The third kappa shape index (κ3) is 2.65. The molecular weight excluding hydrogens is 262 g/mol. The minimum absolute atomic E-state index is 0.661. The third-order valence-corrected chi connectivity index (χ3v) is 3.48. The lowest BCUT2D eigenvalue weighted by molar-refractivity contribution is 0.343. The van der Waals surface area contributed by atoms with Crippen LogP contribution in [0.1, 0.15) is 11.5 Å². The molecule has 0 N–H and O–H groups in total. The molecule has 0 saturated carbocycles. The maximum Gasteiger partial charge on any atom is 0.226 e. The lowest BCUT2D eigenvalue weighted by Gasteiger charge is -2.26.